The lowest BCUT2D eigenvalue weighted by Gasteiger charge is -2.03. The number of hydrogen-bond acceptors (Lipinski definition) is 6. The van der Waals surface area contributed by atoms with E-state index >= 15 is 0 Å². The van der Waals surface area contributed by atoms with Crippen molar-refractivity contribution in [3.05, 3.63) is 30.0 Å². The number of carbonyl (C=O) groups is 1. The minimum Gasteiger partial charge on any atom is -0.497 e. The first-order valence-electron chi connectivity index (χ1n) is 5.15. The Morgan fingerprint density at radius 3 is 2.50 bits per heavy atom. The molecule has 18 heavy (non-hydrogen) atoms. The van der Waals surface area contributed by atoms with E-state index in [2.05, 4.69) is 9.89 Å². The van der Waals surface area contributed by atoms with Crippen LogP contribution < -0.4 is 10.5 Å². The second-order valence-corrected chi connectivity index (χ2v) is 3.49. The van der Waals surface area contributed by atoms with Gasteiger partial charge in [-0.15, -0.1) is 0 Å². The van der Waals surface area contributed by atoms with E-state index in [0.717, 1.165) is 0 Å². The number of anilines is 1. The maximum absolute atomic E-state index is 11.5. The summed E-state index contributed by atoms with van der Waals surface area (Å²) in [6, 6.07) is 7.02. The monoisotopic (exact) mass is 248 g/mol. The fourth-order valence-corrected chi connectivity index (χ4v) is 1.58. The van der Waals surface area contributed by atoms with E-state index in [-0.39, 0.29) is 11.6 Å². The Morgan fingerprint density at radius 2 is 1.94 bits per heavy atom. The molecular formula is C12H12N2O4. The summed E-state index contributed by atoms with van der Waals surface area (Å²) in [4.78, 5) is 11.5. The molecule has 0 aliphatic carbocycles. The van der Waals surface area contributed by atoms with E-state index in [1.54, 1.807) is 31.4 Å². The van der Waals surface area contributed by atoms with Crippen LogP contribution in [0.5, 0.6) is 5.75 Å². The molecule has 0 atom stereocenters. The minimum absolute atomic E-state index is 0.0557. The summed E-state index contributed by atoms with van der Waals surface area (Å²) < 4.78 is 14.5. The van der Waals surface area contributed by atoms with Crippen molar-refractivity contribution in [2.24, 2.45) is 0 Å². The van der Waals surface area contributed by atoms with E-state index in [9.17, 15) is 4.79 Å². The lowest BCUT2D eigenvalue weighted by Crippen LogP contribution is -2.03. The molecule has 0 radical (unpaired) electrons. The summed E-state index contributed by atoms with van der Waals surface area (Å²) in [5.41, 5.74) is 6.85. The van der Waals surface area contributed by atoms with E-state index < -0.39 is 5.97 Å². The number of rotatable bonds is 3. The lowest BCUT2D eigenvalue weighted by atomic mass is 10.1. The number of benzene rings is 1. The standard InChI is InChI=1S/C12H12N2O4/c1-16-8-5-3-7(4-6-8)9-10(12(15)17-2)14-18-11(9)13/h3-6H,13H2,1-2H3. The molecule has 0 bridgehead atoms. The van der Waals surface area contributed by atoms with Crippen molar-refractivity contribution < 1.29 is 18.8 Å². The molecule has 1 aromatic heterocycles. The molecule has 1 heterocycles. The zero-order valence-corrected chi connectivity index (χ0v) is 9.97. The van der Waals surface area contributed by atoms with Crippen molar-refractivity contribution >= 4 is 11.9 Å². The minimum atomic E-state index is -0.596. The number of carbonyl (C=O) groups excluding carboxylic acids is 1. The van der Waals surface area contributed by atoms with Crippen LogP contribution in [0.1, 0.15) is 10.5 Å². The molecule has 0 amide bonds. The third kappa shape index (κ3) is 2.00. The van der Waals surface area contributed by atoms with Crippen molar-refractivity contribution in [3.63, 3.8) is 0 Å². The van der Waals surface area contributed by atoms with E-state index in [4.69, 9.17) is 15.0 Å². The number of hydrogen-bond donors (Lipinski definition) is 1. The summed E-state index contributed by atoms with van der Waals surface area (Å²) in [7, 11) is 2.84. The zero-order chi connectivity index (χ0) is 13.1. The first-order chi connectivity index (χ1) is 8.67. The van der Waals surface area contributed by atoms with Crippen molar-refractivity contribution in [1.29, 1.82) is 0 Å². The average Bonchev–Trinajstić information content (AvgIpc) is 2.80. The van der Waals surface area contributed by atoms with Crippen molar-refractivity contribution in [1.82, 2.24) is 5.16 Å². The van der Waals surface area contributed by atoms with Crippen LogP contribution in [0.2, 0.25) is 0 Å². The van der Waals surface area contributed by atoms with E-state index in [0.29, 0.717) is 16.9 Å². The van der Waals surface area contributed by atoms with Gasteiger partial charge in [-0.1, -0.05) is 17.3 Å². The fourth-order valence-electron chi connectivity index (χ4n) is 1.58. The van der Waals surface area contributed by atoms with Gasteiger partial charge in [-0.05, 0) is 17.7 Å². The number of esters is 1. The second-order valence-electron chi connectivity index (χ2n) is 3.49. The van der Waals surface area contributed by atoms with Gasteiger partial charge in [0.05, 0.1) is 19.8 Å². The molecule has 6 heteroatoms. The van der Waals surface area contributed by atoms with Crippen LogP contribution in [0.3, 0.4) is 0 Å². The molecule has 94 valence electrons. The molecule has 0 fully saturated rings. The van der Waals surface area contributed by atoms with Crippen LogP contribution in [0, 0.1) is 0 Å². The van der Waals surface area contributed by atoms with Gasteiger partial charge >= 0.3 is 5.97 Å². The highest BCUT2D eigenvalue weighted by atomic mass is 16.5. The maximum Gasteiger partial charge on any atom is 0.361 e. The van der Waals surface area contributed by atoms with Gasteiger partial charge in [0.25, 0.3) is 0 Å². The molecule has 2 rings (SSSR count). The zero-order valence-electron chi connectivity index (χ0n) is 9.97. The van der Waals surface area contributed by atoms with Gasteiger partial charge in [0, 0.05) is 0 Å². The van der Waals surface area contributed by atoms with Crippen molar-refractivity contribution in [3.8, 4) is 16.9 Å². The average molecular weight is 248 g/mol. The van der Waals surface area contributed by atoms with Crippen LogP contribution in [-0.2, 0) is 4.74 Å². The van der Waals surface area contributed by atoms with Gasteiger partial charge in [0.15, 0.2) is 0 Å². The Labute approximate surface area is 103 Å². The van der Waals surface area contributed by atoms with Crippen LogP contribution in [-0.4, -0.2) is 25.3 Å². The van der Waals surface area contributed by atoms with Crippen LogP contribution in [0.25, 0.3) is 11.1 Å². The molecule has 0 aliphatic heterocycles. The molecule has 0 aliphatic rings. The number of aromatic nitrogens is 1. The van der Waals surface area contributed by atoms with Gasteiger partial charge in [0.2, 0.25) is 11.6 Å². The van der Waals surface area contributed by atoms with Crippen LogP contribution in [0.15, 0.2) is 28.8 Å². The number of nitrogens with two attached hydrogens (primary N) is 1. The summed E-state index contributed by atoms with van der Waals surface area (Å²) in [5.74, 6) is 0.176. The second kappa shape index (κ2) is 4.79. The molecule has 0 saturated heterocycles. The fraction of sp³-hybridized carbons (Fsp3) is 0.167. The Hall–Kier alpha value is -2.50. The summed E-state index contributed by atoms with van der Waals surface area (Å²) in [5, 5.41) is 3.60. The topological polar surface area (TPSA) is 87.6 Å². The third-order valence-corrected chi connectivity index (χ3v) is 2.48. The molecule has 6 nitrogen and oxygen atoms in total. The van der Waals surface area contributed by atoms with Gasteiger partial charge in [-0.25, -0.2) is 4.79 Å². The summed E-state index contributed by atoms with van der Waals surface area (Å²) in [6.07, 6.45) is 0. The highest BCUT2D eigenvalue weighted by molar-refractivity contribution is 5.97. The molecule has 0 spiro atoms. The molecule has 2 N–H and O–H groups in total. The normalized spacial score (nSPS) is 10.1. The van der Waals surface area contributed by atoms with Crippen molar-refractivity contribution in [2.75, 3.05) is 20.0 Å². The molecular weight excluding hydrogens is 236 g/mol. The van der Waals surface area contributed by atoms with E-state index in [1.165, 1.54) is 7.11 Å². The first kappa shape index (κ1) is 12.0. The smallest absolute Gasteiger partial charge is 0.361 e. The Bertz CT molecular complexity index is 560. The number of ether oxygens (including phenoxy) is 2. The highest BCUT2D eigenvalue weighted by Gasteiger charge is 2.22. The number of nitrogen functional groups attached to an aromatic ring is 1. The number of nitrogens with zero attached hydrogens (tertiary/aromatic N) is 1. The van der Waals surface area contributed by atoms with Crippen LogP contribution in [0.4, 0.5) is 5.88 Å². The van der Waals surface area contributed by atoms with E-state index in [1.807, 2.05) is 0 Å². The third-order valence-electron chi connectivity index (χ3n) is 2.48. The van der Waals surface area contributed by atoms with Crippen molar-refractivity contribution in [2.45, 2.75) is 0 Å². The largest absolute Gasteiger partial charge is 0.497 e. The highest BCUT2D eigenvalue weighted by Crippen LogP contribution is 2.31. The molecule has 0 unspecified atom stereocenters. The van der Waals surface area contributed by atoms with Gasteiger partial charge in [-0.2, -0.15) is 0 Å². The van der Waals surface area contributed by atoms with Gasteiger partial charge < -0.3 is 19.7 Å². The lowest BCUT2D eigenvalue weighted by molar-refractivity contribution is 0.0590. The summed E-state index contributed by atoms with van der Waals surface area (Å²) in [6.45, 7) is 0. The summed E-state index contributed by atoms with van der Waals surface area (Å²) >= 11 is 0. The molecule has 2 aromatic rings. The van der Waals surface area contributed by atoms with Gasteiger partial charge in [0.1, 0.15) is 5.75 Å². The Kier molecular flexibility index (Phi) is 3.18. The Morgan fingerprint density at radius 1 is 1.28 bits per heavy atom. The maximum atomic E-state index is 11.5. The predicted octanol–water partition coefficient (Wildman–Crippen LogP) is 1.72. The van der Waals surface area contributed by atoms with Gasteiger partial charge in [-0.3, -0.25) is 0 Å². The molecule has 1 aromatic carbocycles. The Balaban J connectivity index is 2.48. The first-order valence-corrected chi connectivity index (χ1v) is 5.15. The predicted molar refractivity (Wildman–Crippen MR) is 64.2 cm³/mol. The SMILES string of the molecule is COC(=O)c1noc(N)c1-c1ccc(OC)cc1. The number of methoxy groups -OCH3 is 2. The van der Waals surface area contributed by atoms with Crippen LogP contribution >= 0.6 is 0 Å². The molecule has 0 saturated carbocycles. The quantitative estimate of drug-likeness (QED) is 0.832.